The van der Waals surface area contributed by atoms with Crippen molar-refractivity contribution in [1.82, 2.24) is 35.4 Å². The summed E-state index contributed by atoms with van der Waals surface area (Å²) in [5.41, 5.74) is 2.62. The fourth-order valence-electron chi connectivity index (χ4n) is 3.95. The van der Waals surface area contributed by atoms with E-state index in [2.05, 4.69) is 26.0 Å². The molecule has 1 aliphatic rings. The van der Waals surface area contributed by atoms with Crippen LogP contribution in [0.4, 0.5) is 0 Å². The number of amides is 2. The first-order valence-corrected chi connectivity index (χ1v) is 11.3. The maximum atomic E-state index is 13.2. The van der Waals surface area contributed by atoms with Gasteiger partial charge in [-0.3, -0.25) is 9.59 Å². The molecule has 174 valence electrons. The van der Waals surface area contributed by atoms with Crippen LogP contribution in [-0.4, -0.2) is 43.2 Å². The first kappa shape index (κ1) is 22.7. The third-order valence-corrected chi connectivity index (χ3v) is 5.79. The van der Waals surface area contributed by atoms with Gasteiger partial charge in [-0.1, -0.05) is 37.3 Å². The number of nitrogens with zero attached hydrogens (tertiary/aromatic N) is 5. The zero-order valence-corrected chi connectivity index (χ0v) is 19.1. The lowest BCUT2D eigenvalue weighted by Gasteiger charge is -2.21. The van der Waals surface area contributed by atoms with E-state index in [1.165, 1.54) is 4.80 Å². The van der Waals surface area contributed by atoms with E-state index in [9.17, 15) is 9.59 Å². The number of aryl methyl sites for hydroxylation is 1. The van der Waals surface area contributed by atoms with E-state index >= 15 is 0 Å². The molecular formula is C23H29N7O3. The summed E-state index contributed by atoms with van der Waals surface area (Å²) < 4.78 is 7.46. The van der Waals surface area contributed by atoms with E-state index in [1.807, 2.05) is 48.7 Å². The normalized spacial score (nSPS) is 14.9. The number of hydrogen-bond acceptors (Lipinski definition) is 6. The van der Waals surface area contributed by atoms with Crippen LogP contribution in [0.3, 0.4) is 0 Å². The van der Waals surface area contributed by atoms with Crippen LogP contribution in [0, 0.1) is 0 Å². The number of ether oxygens (including phenoxy) is 1. The largest absolute Gasteiger partial charge is 0.373 e. The lowest BCUT2D eigenvalue weighted by Crippen LogP contribution is -2.31. The molecule has 2 N–H and O–H groups in total. The van der Waals surface area contributed by atoms with E-state index in [1.54, 1.807) is 13.0 Å². The molecule has 0 saturated carbocycles. The molecule has 0 spiro atoms. The van der Waals surface area contributed by atoms with Gasteiger partial charge >= 0.3 is 0 Å². The molecule has 4 rings (SSSR count). The fourth-order valence-corrected chi connectivity index (χ4v) is 3.95. The zero-order valence-electron chi connectivity index (χ0n) is 19.1. The van der Waals surface area contributed by atoms with Crippen LogP contribution in [-0.2, 0) is 24.4 Å². The van der Waals surface area contributed by atoms with Gasteiger partial charge in [0.15, 0.2) is 5.82 Å². The fraction of sp³-hybridized carbons (Fsp3) is 0.435. The van der Waals surface area contributed by atoms with Crippen LogP contribution in [0.15, 0.2) is 36.4 Å². The summed E-state index contributed by atoms with van der Waals surface area (Å²) in [6.45, 7) is 7.60. The minimum absolute atomic E-state index is 0.122. The summed E-state index contributed by atoms with van der Waals surface area (Å²) in [6.07, 6.45) is 0.749. The van der Waals surface area contributed by atoms with Gasteiger partial charge in [0, 0.05) is 6.54 Å². The van der Waals surface area contributed by atoms with E-state index in [4.69, 9.17) is 4.74 Å². The number of benzene rings is 1. The predicted octanol–water partition coefficient (Wildman–Crippen LogP) is 2.40. The zero-order chi connectivity index (χ0) is 23.4. The Morgan fingerprint density at radius 3 is 2.64 bits per heavy atom. The van der Waals surface area contributed by atoms with Crippen molar-refractivity contribution in [2.75, 3.05) is 6.61 Å². The SMILES string of the molecule is CC[C@@H](NC(=O)c1cc(C(=O)NC(C)c2nnn(CC)n2)n2c1COCC2)c1ccccc1. The lowest BCUT2D eigenvalue weighted by atomic mass is 10.0. The van der Waals surface area contributed by atoms with Gasteiger partial charge in [0.05, 0.1) is 43.1 Å². The van der Waals surface area contributed by atoms with Crippen LogP contribution in [0.5, 0.6) is 0 Å². The van der Waals surface area contributed by atoms with Gasteiger partial charge in [-0.15, -0.1) is 10.2 Å². The maximum Gasteiger partial charge on any atom is 0.268 e. The molecule has 3 aromatic rings. The van der Waals surface area contributed by atoms with Crippen molar-refractivity contribution in [3.63, 3.8) is 0 Å². The Hall–Kier alpha value is -3.53. The predicted molar refractivity (Wildman–Crippen MR) is 120 cm³/mol. The van der Waals surface area contributed by atoms with Crippen molar-refractivity contribution < 1.29 is 14.3 Å². The monoisotopic (exact) mass is 451 g/mol. The van der Waals surface area contributed by atoms with Crippen molar-refractivity contribution in [2.45, 2.75) is 59.0 Å². The van der Waals surface area contributed by atoms with Crippen molar-refractivity contribution in [2.24, 2.45) is 0 Å². The average molecular weight is 452 g/mol. The minimum Gasteiger partial charge on any atom is -0.373 e. The second-order valence-electron chi connectivity index (χ2n) is 7.97. The molecule has 2 amide bonds. The first-order chi connectivity index (χ1) is 16.0. The van der Waals surface area contributed by atoms with Gasteiger partial charge in [-0.2, -0.15) is 4.80 Å². The first-order valence-electron chi connectivity index (χ1n) is 11.3. The molecule has 0 saturated heterocycles. The van der Waals surface area contributed by atoms with Gasteiger partial charge in [0.25, 0.3) is 11.8 Å². The summed E-state index contributed by atoms with van der Waals surface area (Å²) in [5.74, 6) is -0.0853. The number of aromatic nitrogens is 5. The molecule has 1 aromatic carbocycles. The number of rotatable bonds is 8. The summed E-state index contributed by atoms with van der Waals surface area (Å²) >= 11 is 0. The highest BCUT2D eigenvalue weighted by atomic mass is 16.5. The Kier molecular flexibility index (Phi) is 6.83. The van der Waals surface area contributed by atoms with Gasteiger partial charge in [0.2, 0.25) is 0 Å². The molecular weight excluding hydrogens is 422 g/mol. The number of hydrogen-bond donors (Lipinski definition) is 2. The third-order valence-electron chi connectivity index (χ3n) is 5.79. The molecule has 2 atom stereocenters. The highest BCUT2D eigenvalue weighted by Gasteiger charge is 2.28. The van der Waals surface area contributed by atoms with Gasteiger partial charge in [-0.25, -0.2) is 0 Å². The van der Waals surface area contributed by atoms with E-state index in [-0.39, 0.29) is 24.5 Å². The summed E-state index contributed by atoms with van der Waals surface area (Å²) in [6, 6.07) is 10.9. The quantitative estimate of drug-likeness (QED) is 0.543. The van der Waals surface area contributed by atoms with Crippen molar-refractivity contribution >= 4 is 11.8 Å². The smallest absolute Gasteiger partial charge is 0.268 e. The number of fused-ring (bicyclic) bond motifs is 1. The molecule has 0 fully saturated rings. The third kappa shape index (κ3) is 4.80. The second-order valence-corrected chi connectivity index (χ2v) is 7.97. The lowest BCUT2D eigenvalue weighted by molar-refractivity contribution is 0.0774. The van der Waals surface area contributed by atoms with Gasteiger partial charge in [-0.05, 0) is 37.1 Å². The average Bonchev–Trinajstić information content (AvgIpc) is 3.48. The van der Waals surface area contributed by atoms with Crippen molar-refractivity contribution in [3.05, 3.63) is 64.7 Å². The standard InChI is InChI=1S/C23H29N7O3/c1-4-18(16-9-7-6-8-10-16)25-22(31)17-13-19(29-11-12-33-14-20(17)29)23(32)24-15(3)21-26-28-30(5-2)27-21/h6-10,13,15,18H,4-5,11-12,14H2,1-3H3,(H,24,32)(H,25,31)/t15?,18-/m1/s1. The van der Waals surface area contributed by atoms with Gasteiger partial charge < -0.3 is 19.9 Å². The minimum atomic E-state index is -0.427. The van der Waals surface area contributed by atoms with E-state index in [0.717, 1.165) is 12.0 Å². The van der Waals surface area contributed by atoms with Crippen LogP contribution in [0.25, 0.3) is 0 Å². The van der Waals surface area contributed by atoms with Crippen LogP contribution >= 0.6 is 0 Å². The molecule has 0 bridgehead atoms. The van der Waals surface area contributed by atoms with Crippen LogP contribution in [0.2, 0.25) is 0 Å². The van der Waals surface area contributed by atoms with Crippen LogP contribution < -0.4 is 10.6 Å². The van der Waals surface area contributed by atoms with Crippen molar-refractivity contribution in [3.8, 4) is 0 Å². The van der Waals surface area contributed by atoms with E-state index in [0.29, 0.717) is 42.5 Å². The highest BCUT2D eigenvalue weighted by molar-refractivity contribution is 6.01. The number of carbonyl (C=O) groups is 2. The molecule has 10 heteroatoms. The molecule has 33 heavy (non-hydrogen) atoms. The molecule has 1 aliphatic heterocycles. The Morgan fingerprint density at radius 1 is 1.15 bits per heavy atom. The number of nitrogens with one attached hydrogen (secondary N) is 2. The molecule has 3 heterocycles. The Bertz CT molecular complexity index is 1120. The Labute approximate surface area is 192 Å². The molecule has 10 nitrogen and oxygen atoms in total. The van der Waals surface area contributed by atoms with Gasteiger partial charge in [0.1, 0.15) is 5.69 Å². The Balaban J connectivity index is 1.56. The maximum absolute atomic E-state index is 13.2. The molecule has 2 aromatic heterocycles. The number of carbonyl (C=O) groups excluding carboxylic acids is 2. The highest BCUT2D eigenvalue weighted by Crippen LogP contribution is 2.24. The topological polar surface area (TPSA) is 116 Å². The van der Waals surface area contributed by atoms with Crippen LogP contribution in [0.1, 0.15) is 77.2 Å². The summed E-state index contributed by atoms with van der Waals surface area (Å²) in [4.78, 5) is 27.8. The number of tetrazole rings is 1. The molecule has 0 radical (unpaired) electrons. The molecule has 1 unspecified atom stereocenters. The Morgan fingerprint density at radius 2 is 1.94 bits per heavy atom. The van der Waals surface area contributed by atoms with Crippen molar-refractivity contribution in [1.29, 1.82) is 0 Å². The summed E-state index contributed by atoms with van der Waals surface area (Å²) in [5, 5.41) is 18.2. The van der Waals surface area contributed by atoms with E-state index < -0.39 is 6.04 Å². The summed E-state index contributed by atoms with van der Waals surface area (Å²) in [7, 11) is 0. The molecule has 0 aliphatic carbocycles. The second kappa shape index (κ2) is 9.95.